The average molecular weight is 329 g/mol. The Morgan fingerprint density at radius 3 is 2.50 bits per heavy atom. The Morgan fingerprint density at radius 2 is 1.79 bits per heavy atom. The minimum absolute atomic E-state index is 0.723. The molecule has 0 saturated carbocycles. The summed E-state index contributed by atoms with van der Waals surface area (Å²) in [5, 5.41) is 0. The molecule has 130 valence electrons. The number of hydrogen-bond donors (Lipinski definition) is 0. The van der Waals surface area contributed by atoms with E-state index in [1.807, 2.05) is 24.7 Å². The van der Waals surface area contributed by atoms with Crippen LogP contribution in [0.1, 0.15) is 17.1 Å². The summed E-state index contributed by atoms with van der Waals surface area (Å²) < 4.78 is 7.35. The first-order chi connectivity index (χ1) is 11.8. The summed E-state index contributed by atoms with van der Waals surface area (Å²) in [4.78, 5) is 14.0. The summed E-state index contributed by atoms with van der Waals surface area (Å²) in [6.07, 6.45) is 5.80. The van der Waals surface area contributed by atoms with E-state index in [9.17, 15) is 0 Å². The van der Waals surface area contributed by atoms with Crippen molar-refractivity contribution in [1.29, 1.82) is 0 Å². The molecule has 2 aromatic heterocycles. The van der Waals surface area contributed by atoms with E-state index in [1.54, 1.807) is 7.11 Å². The lowest BCUT2D eigenvalue weighted by Crippen LogP contribution is -2.45. The molecule has 0 unspecified atom stereocenters. The van der Waals surface area contributed by atoms with Gasteiger partial charge in [0.1, 0.15) is 5.82 Å². The molecule has 24 heavy (non-hydrogen) atoms. The van der Waals surface area contributed by atoms with Gasteiger partial charge in [-0.05, 0) is 18.6 Å². The van der Waals surface area contributed by atoms with Gasteiger partial charge in [-0.25, -0.2) is 4.98 Å². The molecular weight excluding hydrogens is 302 g/mol. The van der Waals surface area contributed by atoms with Crippen molar-refractivity contribution in [1.82, 2.24) is 24.3 Å². The number of aryl methyl sites for hydroxylation is 1. The normalized spacial score (nSPS) is 16.6. The topological polar surface area (TPSA) is 46.4 Å². The van der Waals surface area contributed by atoms with E-state index in [0.29, 0.717) is 0 Å². The largest absolute Gasteiger partial charge is 0.383 e. The van der Waals surface area contributed by atoms with Gasteiger partial charge < -0.3 is 9.30 Å². The molecule has 3 rings (SSSR count). The Kier molecular flexibility index (Phi) is 5.96. The van der Waals surface area contributed by atoms with Crippen molar-refractivity contribution in [3.63, 3.8) is 0 Å². The molecule has 3 heterocycles. The van der Waals surface area contributed by atoms with E-state index in [-0.39, 0.29) is 0 Å². The molecule has 1 fully saturated rings. The van der Waals surface area contributed by atoms with E-state index in [0.717, 1.165) is 58.2 Å². The standard InChI is InChI=1S/C18H27N5O/c1-16-4-3-5-19-17(16)14-21-8-10-22(11-9-21)15-18-20-6-7-23(18)12-13-24-2/h3-7H,8-15H2,1-2H3. The fourth-order valence-electron chi connectivity index (χ4n) is 3.09. The van der Waals surface area contributed by atoms with Gasteiger partial charge in [0.25, 0.3) is 0 Å². The molecule has 2 aromatic rings. The third-order valence-corrected chi connectivity index (χ3v) is 4.66. The molecule has 6 nitrogen and oxygen atoms in total. The Hall–Kier alpha value is -1.76. The first-order valence-electron chi connectivity index (χ1n) is 8.60. The Balaban J connectivity index is 1.49. The van der Waals surface area contributed by atoms with Crippen LogP contribution in [0.4, 0.5) is 0 Å². The van der Waals surface area contributed by atoms with Gasteiger partial charge in [-0.15, -0.1) is 0 Å². The quantitative estimate of drug-likeness (QED) is 0.771. The van der Waals surface area contributed by atoms with Crippen LogP contribution in [0.25, 0.3) is 0 Å². The molecule has 0 amide bonds. The highest BCUT2D eigenvalue weighted by Crippen LogP contribution is 2.12. The molecule has 0 aliphatic carbocycles. The van der Waals surface area contributed by atoms with Crippen LogP contribution in [0.2, 0.25) is 0 Å². The fourth-order valence-corrected chi connectivity index (χ4v) is 3.09. The second-order valence-corrected chi connectivity index (χ2v) is 6.35. The lowest BCUT2D eigenvalue weighted by Gasteiger charge is -2.34. The van der Waals surface area contributed by atoms with Crippen LogP contribution in [0, 0.1) is 6.92 Å². The van der Waals surface area contributed by atoms with Crippen LogP contribution in [0.15, 0.2) is 30.7 Å². The molecule has 1 aliphatic heterocycles. The summed E-state index contributed by atoms with van der Waals surface area (Å²) in [7, 11) is 1.74. The van der Waals surface area contributed by atoms with Crippen LogP contribution in [-0.4, -0.2) is 64.2 Å². The van der Waals surface area contributed by atoms with Gasteiger partial charge >= 0.3 is 0 Å². The number of piperazine rings is 1. The molecule has 1 saturated heterocycles. The maximum atomic E-state index is 5.17. The van der Waals surface area contributed by atoms with Gasteiger partial charge in [-0.3, -0.25) is 14.8 Å². The number of aromatic nitrogens is 3. The van der Waals surface area contributed by atoms with Crippen LogP contribution in [-0.2, 0) is 24.4 Å². The number of rotatable bonds is 7. The van der Waals surface area contributed by atoms with Crippen LogP contribution in [0.5, 0.6) is 0 Å². The zero-order chi connectivity index (χ0) is 16.8. The molecule has 0 aromatic carbocycles. The van der Waals surface area contributed by atoms with Crippen molar-refractivity contribution < 1.29 is 4.74 Å². The third-order valence-electron chi connectivity index (χ3n) is 4.66. The first-order valence-corrected chi connectivity index (χ1v) is 8.60. The maximum Gasteiger partial charge on any atom is 0.122 e. The molecule has 6 heteroatoms. The summed E-state index contributed by atoms with van der Waals surface area (Å²) in [6.45, 7) is 9.88. The zero-order valence-electron chi connectivity index (χ0n) is 14.7. The van der Waals surface area contributed by atoms with E-state index in [1.165, 1.54) is 11.3 Å². The van der Waals surface area contributed by atoms with Crippen molar-refractivity contribution in [3.05, 3.63) is 47.8 Å². The average Bonchev–Trinajstić information content (AvgIpc) is 3.04. The number of hydrogen-bond acceptors (Lipinski definition) is 5. The molecule has 0 N–H and O–H groups in total. The molecule has 0 bridgehead atoms. The Bertz CT molecular complexity index is 634. The SMILES string of the molecule is COCCn1ccnc1CN1CCN(Cc2ncccc2C)CC1. The second-order valence-electron chi connectivity index (χ2n) is 6.35. The predicted molar refractivity (Wildman–Crippen MR) is 93.6 cm³/mol. The van der Waals surface area contributed by atoms with Crippen molar-refractivity contribution in [2.75, 3.05) is 39.9 Å². The van der Waals surface area contributed by atoms with Crippen molar-refractivity contribution in [2.45, 2.75) is 26.6 Å². The van der Waals surface area contributed by atoms with Crippen molar-refractivity contribution in [3.8, 4) is 0 Å². The fraction of sp³-hybridized carbons (Fsp3) is 0.556. The van der Waals surface area contributed by atoms with Gasteiger partial charge in [0.05, 0.1) is 18.8 Å². The summed E-state index contributed by atoms with van der Waals surface area (Å²) >= 11 is 0. The highest BCUT2D eigenvalue weighted by atomic mass is 16.5. The molecule has 0 atom stereocenters. The minimum Gasteiger partial charge on any atom is -0.383 e. The Labute approximate surface area is 144 Å². The maximum absolute atomic E-state index is 5.17. The highest BCUT2D eigenvalue weighted by molar-refractivity contribution is 5.17. The van der Waals surface area contributed by atoms with Crippen LogP contribution >= 0.6 is 0 Å². The van der Waals surface area contributed by atoms with E-state index < -0.39 is 0 Å². The number of ether oxygens (including phenoxy) is 1. The minimum atomic E-state index is 0.723. The van der Waals surface area contributed by atoms with Gasteiger partial charge in [0.15, 0.2) is 0 Å². The van der Waals surface area contributed by atoms with Gasteiger partial charge in [0, 0.05) is 65.0 Å². The number of methoxy groups -OCH3 is 1. The van der Waals surface area contributed by atoms with Crippen molar-refractivity contribution >= 4 is 0 Å². The summed E-state index contributed by atoms with van der Waals surface area (Å²) in [6, 6.07) is 4.14. The summed E-state index contributed by atoms with van der Waals surface area (Å²) in [5.74, 6) is 1.13. The first kappa shape index (κ1) is 17.1. The third kappa shape index (κ3) is 4.41. The summed E-state index contributed by atoms with van der Waals surface area (Å²) in [5.41, 5.74) is 2.47. The molecule has 1 aliphatic rings. The van der Waals surface area contributed by atoms with Crippen molar-refractivity contribution in [2.24, 2.45) is 0 Å². The Morgan fingerprint density at radius 1 is 1.04 bits per heavy atom. The monoisotopic (exact) mass is 329 g/mol. The molecule has 0 radical (unpaired) electrons. The lowest BCUT2D eigenvalue weighted by molar-refractivity contribution is 0.116. The number of nitrogens with zero attached hydrogens (tertiary/aromatic N) is 5. The van der Waals surface area contributed by atoms with E-state index >= 15 is 0 Å². The number of imidazole rings is 1. The van der Waals surface area contributed by atoms with Gasteiger partial charge in [-0.1, -0.05) is 6.07 Å². The van der Waals surface area contributed by atoms with Crippen LogP contribution < -0.4 is 0 Å². The molecule has 0 spiro atoms. The van der Waals surface area contributed by atoms with Gasteiger partial charge in [0.2, 0.25) is 0 Å². The van der Waals surface area contributed by atoms with E-state index in [4.69, 9.17) is 4.74 Å². The smallest absolute Gasteiger partial charge is 0.122 e. The predicted octanol–water partition coefficient (Wildman–Crippen LogP) is 1.55. The van der Waals surface area contributed by atoms with E-state index in [2.05, 4.69) is 37.3 Å². The second kappa shape index (κ2) is 8.37. The zero-order valence-corrected chi connectivity index (χ0v) is 14.7. The lowest BCUT2D eigenvalue weighted by atomic mass is 10.2. The van der Waals surface area contributed by atoms with Gasteiger partial charge in [-0.2, -0.15) is 0 Å². The number of pyridine rings is 1. The van der Waals surface area contributed by atoms with Crippen LogP contribution in [0.3, 0.4) is 0 Å². The highest BCUT2D eigenvalue weighted by Gasteiger charge is 2.19. The molecular formula is C18H27N5O.